The molecule has 1 saturated heterocycles. The largest absolute Gasteiger partial charge is 0.598 e. The summed E-state index contributed by atoms with van der Waals surface area (Å²) < 4.78 is 24.5. The lowest BCUT2D eigenvalue weighted by molar-refractivity contribution is -0.115. The first kappa shape index (κ1) is 17.3. The predicted molar refractivity (Wildman–Crippen MR) is 90.3 cm³/mol. The van der Waals surface area contributed by atoms with Gasteiger partial charge in [0.2, 0.25) is 0 Å². The van der Waals surface area contributed by atoms with Crippen LogP contribution in [0.5, 0.6) is 0 Å². The molecule has 0 saturated carbocycles. The van der Waals surface area contributed by atoms with Crippen molar-refractivity contribution in [1.29, 1.82) is 0 Å². The SMILES string of the molecule is C[S+](=O)([O-])N1CC2ON=C(C(=O)NCCc3ccc(Cl)cc3)C2C1. The Balaban J connectivity index is 1.52. The molecule has 0 aliphatic carbocycles. The van der Waals surface area contributed by atoms with Crippen molar-refractivity contribution in [2.75, 3.05) is 25.9 Å². The van der Waals surface area contributed by atoms with Crippen LogP contribution in [0.25, 0.3) is 0 Å². The molecule has 2 aliphatic rings. The normalized spacial score (nSPS) is 25.5. The van der Waals surface area contributed by atoms with E-state index in [4.69, 9.17) is 16.4 Å². The van der Waals surface area contributed by atoms with Crippen LogP contribution in [0.2, 0.25) is 5.02 Å². The number of rotatable bonds is 5. The Labute approximate surface area is 146 Å². The standard InChI is InChI=1S/C15H18ClN3O4S/c1-24(21,22)19-8-12-13(9-19)23-18-14(12)15(20)17-7-6-10-2-4-11(16)5-3-10/h2-5,12-13H,6-9H2,1H3,(H-,17,20,21,22). The van der Waals surface area contributed by atoms with E-state index in [1.165, 1.54) is 4.31 Å². The smallest absolute Gasteiger partial charge is 0.269 e. The van der Waals surface area contributed by atoms with Crippen LogP contribution in [0.15, 0.2) is 29.4 Å². The molecule has 3 rings (SSSR count). The third-order valence-corrected chi connectivity index (χ3v) is 5.67. The van der Waals surface area contributed by atoms with E-state index in [0.717, 1.165) is 11.8 Å². The van der Waals surface area contributed by atoms with Gasteiger partial charge in [-0.05, 0) is 24.1 Å². The Morgan fingerprint density at radius 3 is 2.83 bits per heavy atom. The van der Waals surface area contributed by atoms with Gasteiger partial charge >= 0.3 is 0 Å². The van der Waals surface area contributed by atoms with E-state index >= 15 is 0 Å². The number of hydrogen-bond donors (Lipinski definition) is 1. The summed E-state index contributed by atoms with van der Waals surface area (Å²) in [5, 5.41) is 7.31. The van der Waals surface area contributed by atoms with Crippen LogP contribution in [0, 0.1) is 5.92 Å². The average molecular weight is 372 g/mol. The Morgan fingerprint density at radius 2 is 2.17 bits per heavy atom. The summed E-state index contributed by atoms with van der Waals surface area (Å²) in [4.78, 5) is 17.5. The number of sulfonamides is 1. The fourth-order valence-corrected chi connectivity index (χ4v) is 3.82. The number of nitrogens with one attached hydrogen (secondary N) is 1. The van der Waals surface area contributed by atoms with Gasteiger partial charge in [0.1, 0.15) is 16.7 Å². The maximum Gasteiger partial charge on any atom is 0.269 e. The Bertz CT molecular complexity index is 703. The van der Waals surface area contributed by atoms with Crippen molar-refractivity contribution in [3.63, 3.8) is 0 Å². The molecule has 24 heavy (non-hydrogen) atoms. The van der Waals surface area contributed by atoms with Gasteiger partial charge in [-0.3, -0.25) is 4.79 Å². The molecular formula is C15H18ClN3O4S. The minimum atomic E-state index is -3.29. The molecule has 1 aromatic carbocycles. The maximum atomic E-state index is 12.3. The maximum absolute atomic E-state index is 12.3. The minimum Gasteiger partial charge on any atom is -0.598 e. The van der Waals surface area contributed by atoms with E-state index in [-0.39, 0.29) is 36.7 Å². The lowest BCUT2D eigenvalue weighted by Gasteiger charge is -2.19. The Kier molecular flexibility index (Phi) is 4.91. The second-order valence-corrected chi connectivity index (χ2v) is 8.36. The molecule has 3 atom stereocenters. The van der Waals surface area contributed by atoms with E-state index < -0.39 is 10.4 Å². The van der Waals surface area contributed by atoms with Crippen LogP contribution < -0.4 is 5.32 Å². The Hall–Kier alpha value is -1.48. The molecule has 7 nitrogen and oxygen atoms in total. The minimum absolute atomic E-state index is 0.229. The summed E-state index contributed by atoms with van der Waals surface area (Å²) in [7, 11) is -3.29. The number of carbonyl (C=O) groups excluding carboxylic acids is 1. The summed E-state index contributed by atoms with van der Waals surface area (Å²) >= 11 is 5.83. The highest BCUT2D eigenvalue weighted by molar-refractivity contribution is 7.94. The zero-order valence-electron chi connectivity index (χ0n) is 13.1. The van der Waals surface area contributed by atoms with Gasteiger partial charge in [-0.15, -0.1) is 4.31 Å². The van der Waals surface area contributed by atoms with Gasteiger partial charge in [-0.25, -0.2) is 0 Å². The van der Waals surface area contributed by atoms with Crippen LogP contribution >= 0.6 is 11.6 Å². The molecule has 2 aliphatic heterocycles. The molecule has 2 heterocycles. The van der Waals surface area contributed by atoms with E-state index in [1.807, 2.05) is 12.1 Å². The predicted octanol–water partition coefficient (Wildman–Crippen LogP) is 0.860. The molecule has 0 aromatic heterocycles. The first-order chi connectivity index (χ1) is 11.3. The second-order valence-electron chi connectivity index (χ2n) is 5.94. The van der Waals surface area contributed by atoms with Crippen LogP contribution in [0.4, 0.5) is 0 Å². The molecule has 0 spiro atoms. The van der Waals surface area contributed by atoms with Crippen LogP contribution in [-0.2, 0) is 30.7 Å². The molecule has 3 unspecified atom stereocenters. The summed E-state index contributed by atoms with van der Waals surface area (Å²) in [6, 6.07) is 7.41. The molecule has 1 fully saturated rings. The van der Waals surface area contributed by atoms with Crippen molar-refractivity contribution in [2.45, 2.75) is 12.5 Å². The number of halogens is 1. The number of oxime groups is 1. The van der Waals surface area contributed by atoms with Crippen molar-refractivity contribution in [2.24, 2.45) is 11.1 Å². The molecule has 0 bridgehead atoms. The number of benzene rings is 1. The van der Waals surface area contributed by atoms with Gasteiger partial charge in [-0.2, -0.15) is 0 Å². The summed E-state index contributed by atoms with van der Waals surface area (Å²) in [5.74, 6) is -0.623. The number of carbonyl (C=O) groups is 1. The van der Waals surface area contributed by atoms with Gasteiger partial charge in [0.05, 0.1) is 19.0 Å². The summed E-state index contributed by atoms with van der Waals surface area (Å²) in [5.41, 5.74) is 1.33. The molecule has 0 radical (unpaired) electrons. The molecular weight excluding hydrogens is 354 g/mol. The lowest BCUT2D eigenvalue weighted by Crippen LogP contribution is -2.39. The third kappa shape index (κ3) is 3.77. The number of amides is 1. The highest BCUT2D eigenvalue weighted by Gasteiger charge is 2.49. The van der Waals surface area contributed by atoms with E-state index in [9.17, 15) is 13.6 Å². The van der Waals surface area contributed by atoms with Crippen molar-refractivity contribution >= 4 is 33.6 Å². The zero-order valence-corrected chi connectivity index (χ0v) is 14.7. The van der Waals surface area contributed by atoms with Crippen molar-refractivity contribution in [3.8, 4) is 0 Å². The van der Waals surface area contributed by atoms with Crippen molar-refractivity contribution in [1.82, 2.24) is 9.62 Å². The Morgan fingerprint density at radius 1 is 1.46 bits per heavy atom. The molecule has 1 N–H and O–H groups in total. The molecule has 130 valence electrons. The first-order valence-electron chi connectivity index (χ1n) is 7.56. The van der Waals surface area contributed by atoms with E-state index in [0.29, 0.717) is 18.0 Å². The van der Waals surface area contributed by atoms with Crippen molar-refractivity contribution < 1.29 is 18.4 Å². The lowest BCUT2D eigenvalue weighted by atomic mass is 10.0. The highest BCUT2D eigenvalue weighted by atomic mass is 35.5. The summed E-state index contributed by atoms with van der Waals surface area (Å²) in [6.45, 7) is 0.911. The third-order valence-electron chi connectivity index (χ3n) is 4.18. The number of fused-ring (bicyclic) bond motifs is 1. The number of hydrogen-bond acceptors (Lipinski definition) is 5. The van der Waals surface area contributed by atoms with Gasteiger partial charge in [0.25, 0.3) is 5.91 Å². The topological polar surface area (TPSA) is 94.1 Å². The quantitative estimate of drug-likeness (QED) is 0.777. The molecule has 1 aromatic rings. The van der Waals surface area contributed by atoms with Gasteiger partial charge < -0.3 is 14.7 Å². The molecule has 1 amide bonds. The van der Waals surface area contributed by atoms with Crippen LogP contribution in [0.1, 0.15) is 5.56 Å². The zero-order chi connectivity index (χ0) is 17.3. The second kappa shape index (κ2) is 6.79. The monoisotopic (exact) mass is 371 g/mol. The van der Waals surface area contributed by atoms with Crippen LogP contribution in [-0.4, -0.2) is 52.5 Å². The number of nitrogens with zero attached hydrogens (tertiary/aromatic N) is 2. The first-order valence-corrected chi connectivity index (χ1v) is 9.78. The van der Waals surface area contributed by atoms with E-state index in [1.54, 1.807) is 12.1 Å². The highest BCUT2D eigenvalue weighted by Crippen LogP contribution is 2.29. The summed E-state index contributed by atoms with van der Waals surface area (Å²) in [6.07, 6.45) is 1.44. The van der Waals surface area contributed by atoms with Crippen LogP contribution in [0.3, 0.4) is 0 Å². The fourth-order valence-electron chi connectivity index (χ4n) is 2.84. The van der Waals surface area contributed by atoms with E-state index in [2.05, 4.69) is 10.5 Å². The molecule has 9 heteroatoms. The fraction of sp³-hybridized carbons (Fsp3) is 0.467. The van der Waals surface area contributed by atoms with Crippen molar-refractivity contribution in [3.05, 3.63) is 34.9 Å². The van der Waals surface area contributed by atoms with Gasteiger partial charge in [0, 0.05) is 11.6 Å². The van der Waals surface area contributed by atoms with Gasteiger partial charge in [-0.1, -0.05) is 33.1 Å². The van der Waals surface area contributed by atoms with Gasteiger partial charge in [0.15, 0.2) is 11.8 Å². The average Bonchev–Trinajstić information content (AvgIpc) is 3.08.